The van der Waals surface area contributed by atoms with Crippen molar-refractivity contribution in [3.63, 3.8) is 0 Å². The van der Waals surface area contributed by atoms with Crippen LogP contribution in [0.25, 0.3) is 0 Å². The molecule has 0 heterocycles. The van der Waals surface area contributed by atoms with Crippen LogP contribution in [0.5, 0.6) is 0 Å². The third-order valence-corrected chi connectivity index (χ3v) is 2.55. The normalized spacial score (nSPS) is 13.3. The molecule has 14 heavy (non-hydrogen) atoms. The van der Waals surface area contributed by atoms with Crippen molar-refractivity contribution in [3.8, 4) is 0 Å². The zero-order valence-electron chi connectivity index (χ0n) is 8.92. The van der Waals surface area contributed by atoms with Crippen molar-refractivity contribution in [2.24, 2.45) is 0 Å². The lowest BCUT2D eigenvalue weighted by Gasteiger charge is -2.10. The molecule has 0 amide bonds. The van der Waals surface area contributed by atoms with E-state index in [2.05, 4.69) is 13.8 Å². The first-order chi connectivity index (χ1) is 6.50. The molecule has 1 N–H and O–H groups in total. The zero-order chi connectivity index (χ0) is 10.7. The highest BCUT2D eigenvalue weighted by atomic mass is 35.5. The summed E-state index contributed by atoms with van der Waals surface area (Å²) < 4.78 is 0. The summed E-state index contributed by atoms with van der Waals surface area (Å²) in [5.74, 6) is 0.447. The molecule has 0 saturated carbocycles. The van der Waals surface area contributed by atoms with Gasteiger partial charge < -0.3 is 5.11 Å². The lowest BCUT2D eigenvalue weighted by Crippen LogP contribution is -2.04. The monoisotopic (exact) mass is 212 g/mol. The van der Waals surface area contributed by atoms with Gasteiger partial charge in [0.1, 0.15) is 0 Å². The molecule has 1 nitrogen and oxygen atoms in total. The van der Waals surface area contributed by atoms with Crippen molar-refractivity contribution in [1.82, 2.24) is 0 Å². The summed E-state index contributed by atoms with van der Waals surface area (Å²) in [7, 11) is 0. The van der Waals surface area contributed by atoms with Crippen LogP contribution in [0.1, 0.15) is 37.8 Å². The second-order valence-corrected chi connectivity index (χ2v) is 4.47. The summed E-state index contributed by atoms with van der Waals surface area (Å²) >= 11 is 6.13. The van der Waals surface area contributed by atoms with Gasteiger partial charge in [0.05, 0.1) is 6.10 Å². The Morgan fingerprint density at radius 1 is 1.29 bits per heavy atom. The maximum atomic E-state index is 9.23. The van der Waals surface area contributed by atoms with Crippen molar-refractivity contribution in [2.45, 2.75) is 39.2 Å². The van der Waals surface area contributed by atoms with Crippen LogP contribution in [0.4, 0.5) is 0 Å². The molecular weight excluding hydrogens is 196 g/mol. The number of rotatable bonds is 3. The molecular formula is C12H17ClO. The Hall–Kier alpha value is -0.530. The summed E-state index contributed by atoms with van der Waals surface area (Å²) in [4.78, 5) is 0. The molecule has 1 unspecified atom stereocenters. The molecule has 1 atom stereocenters. The van der Waals surface area contributed by atoms with Gasteiger partial charge in [-0.25, -0.2) is 0 Å². The van der Waals surface area contributed by atoms with Crippen molar-refractivity contribution in [1.29, 1.82) is 0 Å². The molecule has 0 aliphatic carbocycles. The van der Waals surface area contributed by atoms with E-state index < -0.39 is 0 Å². The van der Waals surface area contributed by atoms with Crippen LogP contribution in [-0.2, 0) is 6.42 Å². The third-order valence-electron chi connectivity index (χ3n) is 2.22. The number of halogens is 1. The quantitative estimate of drug-likeness (QED) is 0.815. The fourth-order valence-corrected chi connectivity index (χ4v) is 1.93. The van der Waals surface area contributed by atoms with E-state index in [0.717, 1.165) is 10.6 Å². The largest absolute Gasteiger partial charge is 0.393 e. The molecule has 0 aromatic heterocycles. The highest BCUT2D eigenvalue weighted by Crippen LogP contribution is 2.25. The average molecular weight is 213 g/mol. The van der Waals surface area contributed by atoms with E-state index in [9.17, 15) is 5.11 Å². The van der Waals surface area contributed by atoms with E-state index >= 15 is 0 Å². The van der Waals surface area contributed by atoms with Crippen LogP contribution in [0, 0.1) is 0 Å². The summed E-state index contributed by atoms with van der Waals surface area (Å²) in [6.07, 6.45) is 0.355. The predicted octanol–water partition coefficient (Wildman–Crippen LogP) is 3.39. The van der Waals surface area contributed by atoms with Gasteiger partial charge in [-0.3, -0.25) is 0 Å². The minimum atomic E-state index is -0.309. The molecule has 1 rings (SSSR count). The lowest BCUT2D eigenvalue weighted by atomic mass is 10.00. The fourth-order valence-electron chi connectivity index (χ4n) is 1.51. The van der Waals surface area contributed by atoms with Crippen LogP contribution in [0.2, 0.25) is 5.02 Å². The number of hydrogen-bond acceptors (Lipinski definition) is 1. The van der Waals surface area contributed by atoms with E-state index in [0.29, 0.717) is 12.3 Å². The fraction of sp³-hybridized carbons (Fsp3) is 0.500. The number of aliphatic hydroxyl groups is 1. The minimum absolute atomic E-state index is 0.309. The first-order valence-electron chi connectivity index (χ1n) is 4.97. The number of benzene rings is 1. The first-order valence-corrected chi connectivity index (χ1v) is 5.35. The van der Waals surface area contributed by atoms with E-state index in [1.54, 1.807) is 6.92 Å². The molecule has 1 aromatic carbocycles. The van der Waals surface area contributed by atoms with Gasteiger partial charge in [0.15, 0.2) is 0 Å². The van der Waals surface area contributed by atoms with Crippen LogP contribution < -0.4 is 0 Å². The Morgan fingerprint density at radius 2 is 1.93 bits per heavy atom. The number of hydrogen-bond donors (Lipinski definition) is 1. The van der Waals surface area contributed by atoms with E-state index in [4.69, 9.17) is 11.6 Å². The van der Waals surface area contributed by atoms with Gasteiger partial charge in [0, 0.05) is 5.02 Å². The molecule has 1 aromatic rings. The maximum absolute atomic E-state index is 9.23. The smallest absolute Gasteiger partial charge is 0.0552 e. The van der Waals surface area contributed by atoms with Crippen molar-refractivity contribution >= 4 is 11.6 Å². The Morgan fingerprint density at radius 3 is 2.36 bits per heavy atom. The SMILES string of the molecule is CC(O)Cc1ccc(C(C)C)c(Cl)c1. The second-order valence-electron chi connectivity index (χ2n) is 4.06. The molecule has 2 heteroatoms. The lowest BCUT2D eigenvalue weighted by molar-refractivity contribution is 0.195. The van der Waals surface area contributed by atoms with Gasteiger partial charge in [0.25, 0.3) is 0 Å². The van der Waals surface area contributed by atoms with Crippen molar-refractivity contribution in [3.05, 3.63) is 34.3 Å². The molecule has 0 radical (unpaired) electrons. The van der Waals surface area contributed by atoms with E-state index in [1.807, 2.05) is 18.2 Å². The Kier molecular flexibility index (Phi) is 3.97. The molecule has 78 valence electrons. The van der Waals surface area contributed by atoms with Crippen LogP contribution in [0.15, 0.2) is 18.2 Å². The van der Waals surface area contributed by atoms with Gasteiger partial charge in [-0.15, -0.1) is 0 Å². The standard InChI is InChI=1S/C12H17ClO/c1-8(2)11-5-4-10(6-9(3)14)7-12(11)13/h4-5,7-9,14H,6H2,1-3H3. The highest BCUT2D eigenvalue weighted by Gasteiger charge is 2.06. The molecule has 0 spiro atoms. The Labute approximate surface area is 90.7 Å². The molecule has 0 bridgehead atoms. The Balaban J connectivity index is 2.89. The second kappa shape index (κ2) is 4.81. The molecule has 0 aliphatic rings. The minimum Gasteiger partial charge on any atom is -0.393 e. The van der Waals surface area contributed by atoms with E-state index in [1.165, 1.54) is 5.56 Å². The summed E-state index contributed by atoms with van der Waals surface area (Å²) in [6.45, 7) is 6.02. The van der Waals surface area contributed by atoms with Crippen LogP contribution in [0.3, 0.4) is 0 Å². The summed E-state index contributed by atoms with van der Waals surface area (Å²) in [5.41, 5.74) is 2.26. The van der Waals surface area contributed by atoms with Gasteiger partial charge in [-0.1, -0.05) is 37.6 Å². The highest BCUT2D eigenvalue weighted by molar-refractivity contribution is 6.31. The van der Waals surface area contributed by atoms with Crippen molar-refractivity contribution < 1.29 is 5.11 Å². The molecule has 0 fully saturated rings. The zero-order valence-corrected chi connectivity index (χ0v) is 9.67. The first kappa shape index (κ1) is 11.5. The van der Waals surface area contributed by atoms with Crippen molar-refractivity contribution in [2.75, 3.05) is 0 Å². The molecule has 0 saturated heterocycles. The van der Waals surface area contributed by atoms with Gasteiger partial charge >= 0.3 is 0 Å². The van der Waals surface area contributed by atoms with Gasteiger partial charge in [0.2, 0.25) is 0 Å². The van der Waals surface area contributed by atoms with E-state index in [-0.39, 0.29) is 6.10 Å². The maximum Gasteiger partial charge on any atom is 0.0552 e. The van der Waals surface area contributed by atoms with Gasteiger partial charge in [-0.05, 0) is 36.5 Å². The van der Waals surface area contributed by atoms with Crippen LogP contribution >= 0.6 is 11.6 Å². The van der Waals surface area contributed by atoms with Crippen LogP contribution in [-0.4, -0.2) is 11.2 Å². The Bertz CT molecular complexity index is 305. The molecule has 0 aliphatic heterocycles. The predicted molar refractivity (Wildman–Crippen MR) is 60.9 cm³/mol. The number of aliphatic hydroxyl groups excluding tert-OH is 1. The topological polar surface area (TPSA) is 20.2 Å². The third kappa shape index (κ3) is 3.00. The average Bonchev–Trinajstić information content (AvgIpc) is 2.01. The summed E-state index contributed by atoms with van der Waals surface area (Å²) in [5, 5.41) is 10.0. The summed E-state index contributed by atoms with van der Waals surface area (Å²) in [6, 6.07) is 6.03. The van der Waals surface area contributed by atoms with Gasteiger partial charge in [-0.2, -0.15) is 0 Å².